The summed E-state index contributed by atoms with van der Waals surface area (Å²) in [6.45, 7) is 1.30. The third-order valence-corrected chi connectivity index (χ3v) is 1.91. The number of amides is 2. The second-order valence-electron chi connectivity index (χ2n) is 2.63. The van der Waals surface area contributed by atoms with Crippen LogP contribution in [0.1, 0.15) is 0 Å². The van der Waals surface area contributed by atoms with Gasteiger partial charge in [0.05, 0.1) is 6.04 Å². The van der Waals surface area contributed by atoms with Crippen molar-refractivity contribution in [3.63, 3.8) is 0 Å². The van der Waals surface area contributed by atoms with E-state index in [1.54, 1.807) is 0 Å². The van der Waals surface area contributed by atoms with Crippen LogP contribution in [0.5, 0.6) is 0 Å². The van der Waals surface area contributed by atoms with E-state index < -0.39 is 6.09 Å². The van der Waals surface area contributed by atoms with Crippen molar-refractivity contribution in [3.8, 4) is 0 Å². The van der Waals surface area contributed by atoms with E-state index in [2.05, 4.69) is 10.1 Å². The second kappa shape index (κ2) is 2.20. The van der Waals surface area contributed by atoms with E-state index in [9.17, 15) is 9.59 Å². The fourth-order valence-corrected chi connectivity index (χ4v) is 1.17. The monoisotopic (exact) mass is 156 g/mol. The molecule has 2 aliphatic heterocycles. The van der Waals surface area contributed by atoms with Crippen molar-refractivity contribution in [2.75, 3.05) is 19.7 Å². The van der Waals surface area contributed by atoms with E-state index in [0.717, 1.165) is 0 Å². The van der Waals surface area contributed by atoms with Crippen LogP contribution in [0, 0.1) is 0 Å². The molecule has 0 unspecified atom stereocenters. The molecule has 1 N–H and O–H groups in total. The summed E-state index contributed by atoms with van der Waals surface area (Å²) in [5, 5.41) is 2.98. The van der Waals surface area contributed by atoms with Crippen molar-refractivity contribution in [1.82, 2.24) is 10.2 Å². The lowest BCUT2D eigenvalue weighted by Crippen LogP contribution is -2.58. The van der Waals surface area contributed by atoms with Gasteiger partial charge in [-0.1, -0.05) is 0 Å². The average Bonchev–Trinajstić information content (AvgIpc) is 2.15. The van der Waals surface area contributed by atoms with E-state index in [1.807, 2.05) is 0 Å². The maximum absolute atomic E-state index is 11.0. The molecule has 0 spiro atoms. The zero-order valence-corrected chi connectivity index (χ0v) is 5.87. The van der Waals surface area contributed by atoms with E-state index in [1.165, 1.54) is 4.90 Å². The topological polar surface area (TPSA) is 58.6 Å². The molecule has 2 fully saturated rings. The molecule has 60 valence electrons. The standard InChI is InChI=1S/C6H8N2O3/c9-5-3-11-6(10)8(5)4-1-7-2-4/h4,7H,1-3H2. The Labute approximate surface area is 63.3 Å². The Bertz CT molecular complexity index is 196. The molecule has 0 bridgehead atoms. The molecular weight excluding hydrogens is 148 g/mol. The number of carbonyl (C=O) groups excluding carboxylic acids is 2. The highest BCUT2D eigenvalue weighted by atomic mass is 16.6. The molecule has 5 heteroatoms. The minimum Gasteiger partial charge on any atom is -0.439 e. The van der Waals surface area contributed by atoms with Crippen molar-refractivity contribution >= 4 is 12.0 Å². The van der Waals surface area contributed by atoms with Crippen LogP contribution < -0.4 is 5.32 Å². The highest BCUT2D eigenvalue weighted by Gasteiger charge is 2.39. The van der Waals surface area contributed by atoms with Crippen LogP contribution in [-0.2, 0) is 9.53 Å². The maximum atomic E-state index is 11.0. The zero-order valence-electron chi connectivity index (χ0n) is 5.87. The van der Waals surface area contributed by atoms with Crippen molar-refractivity contribution in [2.45, 2.75) is 6.04 Å². The molecule has 2 heterocycles. The van der Waals surface area contributed by atoms with Gasteiger partial charge in [0, 0.05) is 13.1 Å². The lowest BCUT2D eigenvalue weighted by atomic mass is 10.1. The van der Waals surface area contributed by atoms with Gasteiger partial charge >= 0.3 is 6.09 Å². The van der Waals surface area contributed by atoms with Gasteiger partial charge in [0.15, 0.2) is 6.61 Å². The lowest BCUT2D eigenvalue weighted by molar-refractivity contribution is -0.128. The molecule has 2 rings (SSSR count). The van der Waals surface area contributed by atoms with Crippen LogP contribution in [0.25, 0.3) is 0 Å². The predicted octanol–water partition coefficient (Wildman–Crippen LogP) is -1.06. The van der Waals surface area contributed by atoms with Crippen LogP contribution in [0.15, 0.2) is 0 Å². The van der Waals surface area contributed by atoms with E-state index in [4.69, 9.17) is 0 Å². The van der Waals surface area contributed by atoms with Crippen LogP contribution in [0.4, 0.5) is 4.79 Å². The molecule has 0 radical (unpaired) electrons. The number of nitrogens with one attached hydrogen (secondary N) is 1. The third-order valence-electron chi connectivity index (χ3n) is 1.91. The number of nitrogens with zero attached hydrogens (tertiary/aromatic N) is 1. The highest BCUT2D eigenvalue weighted by Crippen LogP contribution is 2.12. The van der Waals surface area contributed by atoms with Gasteiger partial charge in [0.1, 0.15) is 0 Å². The molecule has 2 saturated heterocycles. The summed E-state index contributed by atoms with van der Waals surface area (Å²) in [5.41, 5.74) is 0. The van der Waals surface area contributed by atoms with Gasteiger partial charge in [0.25, 0.3) is 5.91 Å². The van der Waals surface area contributed by atoms with Crippen molar-refractivity contribution in [1.29, 1.82) is 0 Å². The third kappa shape index (κ3) is 0.883. The van der Waals surface area contributed by atoms with E-state index in [0.29, 0.717) is 13.1 Å². The minimum absolute atomic E-state index is 0.0255. The highest BCUT2D eigenvalue weighted by molar-refractivity contribution is 5.98. The molecule has 0 saturated carbocycles. The normalized spacial score (nSPS) is 25.3. The Balaban J connectivity index is 2.09. The molecule has 0 aliphatic carbocycles. The first-order valence-electron chi connectivity index (χ1n) is 3.48. The minimum atomic E-state index is -0.499. The predicted molar refractivity (Wildman–Crippen MR) is 34.9 cm³/mol. The first-order valence-corrected chi connectivity index (χ1v) is 3.48. The molecule has 0 aromatic carbocycles. The number of ether oxygens (including phenoxy) is 1. The smallest absolute Gasteiger partial charge is 0.417 e. The summed E-state index contributed by atoms with van der Waals surface area (Å²) in [5.74, 6) is -0.221. The summed E-state index contributed by atoms with van der Waals surface area (Å²) >= 11 is 0. The van der Waals surface area contributed by atoms with Crippen molar-refractivity contribution in [2.24, 2.45) is 0 Å². The molecular formula is C6H8N2O3. The molecule has 11 heavy (non-hydrogen) atoms. The van der Waals surface area contributed by atoms with Gasteiger partial charge < -0.3 is 10.1 Å². The largest absolute Gasteiger partial charge is 0.439 e. The van der Waals surface area contributed by atoms with Gasteiger partial charge in [-0.25, -0.2) is 9.69 Å². The molecule has 0 aromatic rings. The molecule has 2 amide bonds. The number of cyclic esters (lactones) is 1. The Morgan fingerprint density at radius 2 is 2.18 bits per heavy atom. The summed E-state index contributed by atoms with van der Waals surface area (Å²) in [7, 11) is 0. The Morgan fingerprint density at radius 1 is 1.45 bits per heavy atom. The first kappa shape index (κ1) is 6.60. The number of imide groups is 1. The second-order valence-corrected chi connectivity index (χ2v) is 2.63. The Kier molecular flexibility index (Phi) is 1.32. The summed E-state index contributed by atoms with van der Waals surface area (Å²) in [4.78, 5) is 23.0. The van der Waals surface area contributed by atoms with Gasteiger partial charge in [-0.05, 0) is 0 Å². The van der Waals surface area contributed by atoms with Crippen LogP contribution >= 0.6 is 0 Å². The SMILES string of the molecule is O=C1COC(=O)N1C1CNC1. The molecule has 5 nitrogen and oxygen atoms in total. The van der Waals surface area contributed by atoms with Gasteiger partial charge in [-0.15, -0.1) is 0 Å². The quantitative estimate of drug-likeness (QED) is 0.525. The Morgan fingerprint density at radius 3 is 2.55 bits per heavy atom. The first-order chi connectivity index (χ1) is 5.29. The van der Waals surface area contributed by atoms with Crippen LogP contribution in [0.2, 0.25) is 0 Å². The number of rotatable bonds is 1. The lowest BCUT2D eigenvalue weighted by Gasteiger charge is -2.32. The number of hydrogen-bond acceptors (Lipinski definition) is 4. The van der Waals surface area contributed by atoms with Crippen molar-refractivity contribution in [3.05, 3.63) is 0 Å². The van der Waals surface area contributed by atoms with Gasteiger partial charge in [-0.2, -0.15) is 0 Å². The fourth-order valence-electron chi connectivity index (χ4n) is 1.17. The number of carbonyl (C=O) groups is 2. The zero-order chi connectivity index (χ0) is 7.84. The van der Waals surface area contributed by atoms with E-state index >= 15 is 0 Å². The fraction of sp³-hybridized carbons (Fsp3) is 0.667. The maximum Gasteiger partial charge on any atom is 0.417 e. The Hall–Kier alpha value is -1.10. The summed E-state index contributed by atoms with van der Waals surface area (Å²) < 4.78 is 4.54. The van der Waals surface area contributed by atoms with E-state index in [-0.39, 0.29) is 18.6 Å². The average molecular weight is 156 g/mol. The van der Waals surface area contributed by atoms with Crippen molar-refractivity contribution < 1.29 is 14.3 Å². The van der Waals surface area contributed by atoms with Crippen LogP contribution in [0.3, 0.4) is 0 Å². The summed E-state index contributed by atoms with van der Waals surface area (Å²) in [6.07, 6.45) is -0.499. The summed E-state index contributed by atoms with van der Waals surface area (Å²) in [6, 6.07) is 0.0255. The molecule has 0 aromatic heterocycles. The van der Waals surface area contributed by atoms with Gasteiger partial charge in [-0.3, -0.25) is 4.79 Å². The van der Waals surface area contributed by atoms with Crippen LogP contribution in [-0.4, -0.2) is 42.6 Å². The molecule has 0 atom stereocenters. The molecule has 2 aliphatic rings. The van der Waals surface area contributed by atoms with Gasteiger partial charge in [0.2, 0.25) is 0 Å². The number of hydrogen-bond donors (Lipinski definition) is 1.